The number of benzene rings is 2. The first-order valence-electron chi connectivity index (χ1n) is 7.65. The fourth-order valence-electron chi connectivity index (χ4n) is 3.14. The van der Waals surface area contributed by atoms with E-state index in [1.165, 1.54) is 37.7 Å². The van der Waals surface area contributed by atoms with Crippen LogP contribution in [0.4, 0.5) is 0 Å². The van der Waals surface area contributed by atoms with Crippen molar-refractivity contribution >= 4 is 17.4 Å². The highest BCUT2D eigenvalue weighted by Gasteiger charge is 2.17. The van der Waals surface area contributed by atoms with Gasteiger partial charge in [-0.05, 0) is 36.5 Å². The molecule has 1 nitrogen and oxygen atoms in total. The van der Waals surface area contributed by atoms with Crippen molar-refractivity contribution in [2.75, 3.05) is 0 Å². The molecule has 0 radical (unpaired) electrons. The van der Waals surface area contributed by atoms with E-state index in [9.17, 15) is 4.79 Å². The summed E-state index contributed by atoms with van der Waals surface area (Å²) in [5.74, 6) is 0.666. The van der Waals surface area contributed by atoms with Crippen LogP contribution in [0.25, 0.3) is 0 Å². The summed E-state index contributed by atoms with van der Waals surface area (Å²) in [7, 11) is 0. The van der Waals surface area contributed by atoms with Crippen LogP contribution in [0.15, 0.2) is 48.5 Å². The first kappa shape index (κ1) is 14.3. The maximum atomic E-state index is 12.5. The number of hydrogen-bond acceptors (Lipinski definition) is 1. The van der Waals surface area contributed by atoms with Crippen molar-refractivity contribution in [1.82, 2.24) is 0 Å². The molecule has 2 heteroatoms. The largest absolute Gasteiger partial charge is 0.289 e. The smallest absolute Gasteiger partial charge is 0.194 e. The van der Waals surface area contributed by atoms with E-state index in [1.807, 2.05) is 24.3 Å². The fourth-order valence-corrected chi connectivity index (χ4v) is 3.36. The van der Waals surface area contributed by atoms with Gasteiger partial charge in [0.2, 0.25) is 0 Å². The minimum absolute atomic E-state index is 0.00389. The van der Waals surface area contributed by atoms with E-state index in [-0.39, 0.29) is 5.78 Å². The summed E-state index contributed by atoms with van der Waals surface area (Å²) in [5, 5.41) is 0.513. The lowest BCUT2D eigenvalue weighted by Crippen LogP contribution is -2.06. The molecule has 108 valence electrons. The van der Waals surface area contributed by atoms with Gasteiger partial charge in [-0.15, -0.1) is 0 Å². The SMILES string of the molecule is O=C(c1ccc(C2CCCCC2)cc1)c1ccccc1Cl. The monoisotopic (exact) mass is 298 g/mol. The van der Waals surface area contributed by atoms with Crippen molar-refractivity contribution in [2.24, 2.45) is 0 Å². The number of halogens is 1. The van der Waals surface area contributed by atoms with Gasteiger partial charge in [0.05, 0.1) is 5.02 Å². The van der Waals surface area contributed by atoms with E-state index in [4.69, 9.17) is 11.6 Å². The normalized spacial score (nSPS) is 15.9. The molecule has 0 atom stereocenters. The Labute approximate surface area is 131 Å². The second-order valence-electron chi connectivity index (χ2n) is 5.77. The average molecular weight is 299 g/mol. The first-order chi connectivity index (χ1) is 10.3. The summed E-state index contributed by atoms with van der Waals surface area (Å²) in [6, 6.07) is 15.3. The first-order valence-corrected chi connectivity index (χ1v) is 8.02. The van der Waals surface area contributed by atoms with Crippen LogP contribution in [-0.4, -0.2) is 5.78 Å². The molecule has 3 rings (SSSR count). The van der Waals surface area contributed by atoms with Gasteiger partial charge in [0.25, 0.3) is 0 Å². The zero-order valence-electron chi connectivity index (χ0n) is 12.0. The highest BCUT2D eigenvalue weighted by Crippen LogP contribution is 2.32. The summed E-state index contributed by atoms with van der Waals surface area (Å²) in [4.78, 5) is 12.5. The van der Waals surface area contributed by atoms with Crippen molar-refractivity contribution in [3.63, 3.8) is 0 Å². The molecule has 0 heterocycles. The highest BCUT2D eigenvalue weighted by molar-refractivity contribution is 6.34. The molecular formula is C19H19ClO. The van der Waals surface area contributed by atoms with Crippen LogP contribution in [0.3, 0.4) is 0 Å². The zero-order chi connectivity index (χ0) is 14.7. The van der Waals surface area contributed by atoms with E-state index in [0.717, 1.165) is 0 Å². The molecule has 1 fully saturated rings. The third kappa shape index (κ3) is 3.19. The zero-order valence-corrected chi connectivity index (χ0v) is 12.8. The summed E-state index contributed by atoms with van der Waals surface area (Å²) in [6.45, 7) is 0. The second-order valence-corrected chi connectivity index (χ2v) is 6.17. The molecular weight excluding hydrogens is 280 g/mol. The van der Waals surface area contributed by atoms with Crippen LogP contribution in [0.5, 0.6) is 0 Å². The summed E-state index contributed by atoms with van der Waals surface area (Å²) >= 11 is 6.10. The number of carbonyl (C=O) groups excluding carboxylic acids is 1. The molecule has 0 spiro atoms. The topological polar surface area (TPSA) is 17.1 Å². The summed E-state index contributed by atoms with van der Waals surface area (Å²) < 4.78 is 0. The Kier molecular flexibility index (Phi) is 4.40. The quantitative estimate of drug-likeness (QED) is 0.672. The van der Waals surface area contributed by atoms with Gasteiger partial charge in [0.15, 0.2) is 5.78 Å². The maximum Gasteiger partial charge on any atom is 0.194 e. The standard InChI is InChI=1S/C19H19ClO/c20-18-9-5-4-8-17(18)19(21)16-12-10-15(11-13-16)14-6-2-1-3-7-14/h4-5,8-14H,1-3,6-7H2. The maximum absolute atomic E-state index is 12.5. The van der Waals surface area contributed by atoms with Crippen molar-refractivity contribution in [3.8, 4) is 0 Å². The Morgan fingerprint density at radius 3 is 2.24 bits per heavy atom. The molecule has 0 amide bonds. The van der Waals surface area contributed by atoms with Gasteiger partial charge in [0.1, 0.15) is 0 Å². The molecule has 0 aromatic heterocycles. The van der Waals surface area contributed by atoms with Crippen molar-refractivity contribution in [3.05, 3.63) is 70.2 Å². The van der Waals surface area contributed by atoms with Crippen LogP contribution in [0.2, 0.25) is 5.02 Å². The Bertz CT molecular complexity index is 624. The highest BCUT2D eigenvalue weighted by atomic mass is 35.5. The van der Waals surface area contributed by atoms with E-state index in [0.29, 0.717) is 22.1 Å². The van der Waals surface area contributed by atoms with Gasteiger partial charge in [-0.2, -0.15) is 0 Å². The van der Waals surface area contributed by atoms with Crippen molar-refractivity contribution < 1.29 is 4.79 Å². The molecule has 0 aliphatic heterocycles. The Balaban J connectivity index is 1.80. The lowest BCUT2D eigenvalue weighted by atomic mass is 9.84. The van der Waals surface area contributed by atoms with Gasteiger partial charge >= 0.3 is 0 Å². The van der Waals surface area contributed by atoms with E-state index < -0.39 is 0 Å². The molecule has 1 aliphatic carbocycles. The van der Waals surface area contributed by atoms with Gasteiger partial charge < -0.3 is 0 Å². The lowest BCUT2D eigenvalue weighted by Gasteiger charge is -2.22. The molecule has 1 aliphatic rings. The third-order valence-corrected chi connectivity index (χ3v) is 4.70. The van der Waals surface area contributed by atoms with E-state index >= 15 is 0 Å². The van der Waals surface area contributed by atoms with Gasteiger partial charge in [-0.1, -0.05) is 67.3 Å². The molecule has 1 saturated carbocycles. The van der Waals surface area contributed by atoms with Crippen molar-refractivity contribution in [1.29, 1.82) is 0 Å². The number of rotatable bonds is 3. The molecule has 0 bridgehead atoms. The number of carbonyl (C=O) groups is 1. The predicted molar refractivity (Wildman–Crippen MR) is 87.2 cm³/mol. The summed E-state index contributed by atoms with van der Waals surface area (Å²) in [6.07, 6.45) is 6.56. The minimum Gasteiger partial charge on any atom is -0.289 e. The van der Waals surface area contributed by atoms with Gasteiger partial charge in [-0.3, -0.25) is 4.79 Å². The Morgan fingerprint density at radius 1 is 0.905 bits per heavy atom. The molecule has 0 unspecified atom stereocenters. The fraction of sp³-hybridized carbons (Fsp3) is 0.316. The van der Waals surface area contributed by atoms with Crippen LogP contribution in [-0.2, 0) is 0 Å². The molecule has 2 aromatic carbocycles. The Morgan fingerprint density at radius 2 is 1.57 bits per heavy atom. The van der Waals surface area contributed by atoms with E-state index in [2.05, 4.69) is 12.1 Å². The minimum atomic E-state index is -0.00389. The lowest BCUT2D eigenvalue weighted by molar-refractivity contribution is 0.103. The van der Waals surface area contributed by atoms with Crippen LogP contribution < -0.4 is 0 Å². The average Bonchev–Trinajstić information content (AvgIpc) is 2.56. The van der Waals surface area contributed by atoms with Crippen molar-refractivity contribution in [2.45, 2.75) is 38.0 Å². The number of hydrogen-bond donors (Lipinski definition) is 0. The number of ketones is 1. The van der Waals surface area contributed by atoms with Gasteiger partial charge in [-0.25, -0.2) is 0 Å². The van der Waals surface area contributed by atoms with Crippen LogP contribution in [0, 0.1) is 0 Å². The van der Waals surface area contributed by atoms with Crippen LogP contribution >= 0.6 is 11.6 Å². The van der Waals surface area contributed by atoms with E-state index in [1.54, 1.807) is 12.1 Å². The molecule has 21 heavy (non-hydrogen) atoms. The summed E-state index contributed by atoms with van der Waals surface area (Å²) in [5.41, 5.74) is 2.65. The Hall–Kier alpha value is -1.60. The van der Waals surface area contributed by atoms with Crippen LogP contribution in [0.1, 0.15) is 59.5 Å². The second kappa shape index (κ2) is 6.44. The molecule has 2 aromatic rings. The molecule has 0 saturated heterocycles. The van der Waals surface area contributed by atoms with Gasteiger partial charge in [0, 0.05) is 11.1 Å². The molecule has 0 N–H and O–H groups in total. The third-order valence-electron chi connectivity index (χ3n) is 4.37. The predicted octanol–water partition coefficient (Wildman–Crippen LogP) is 5.62.